The van der Waals surface area contributed by atoms with Gasteiger partial charge in [0.1, 0.15) is 0 Å². The van der Waals surface area contributed by atoms with Crippen molar-refractivity contribution < 1.29 is 4.79 Å². The van der Waals surface area contributed by atoms with E-state index in [1.54, 1.807) is 3.59 Å². The summed E-state index contributed by atoms with van der Waals surface area (Å²) in [5, 5.41) is 0. The number of carbonyl (C=O) groups excluding carboxylic acids is 1. The molecule has 0 aromatic carbocycles. The SMILES string of the molecule is C=[C](CCCCC(=O)N(CC)CC)[Sn]([CH2]CCC)([CH2]CCC)[CH2]CCC. The summed E-state index contributed by atoms with van der Waals surface area (Å²) in [7, 11) is 0. The first-order valence-corrected chi connectivity index (χ1v) is 18.9. The van der Waals surface area contributed by atoms with Crippen LogP contribution in [0.3, 0.4) is 0 Å². The van der Waals surface area contributed by atoms with Gasteiger partial charge in [0.15, 0.2) is 0 Å². The van der Waals surface area contributed by atoms with Crippen LogP contribution in [0.1, 0.15) is 98.8 Å². The third-order valence-electron chi connectivity index (χ3n) is 6.01. The van der Waals surface area contributed by atoms with Crippen molar-refractivity contribution in [3.63, 3.8) is 0 Å². The van der Waals surface area contributed by atoms with E-state index in [0.29, 0.717) is 5.91 Å². The van der Waals surface area contributed by atoms with E-state index in [2.05, 4.69) is 41.2 Å². The second-order valence-electron chi connectivity index (χ2n) is 7.97. The topological polar surface area (TPSA) is 20.3 Å². The van der Waals surface area contributed by atoms with Gasteiger partial charge in [-0.3, -0.25) is 0 Å². The van der Waals surface area contributed by atoms with Gasteiger partial charge in [0.05, 0.1) is 0 Å². The van der Waals surface area contributed by atoms with Crippen LogP contribution in [-0.2, 0) is 4.79 Å². The van der Waals surface area contributed by atoms with Gasteiger partial charge in [-0.2, -0.15) is 0 Å². The summed E-state index contributed by atoms with van der Waals surface area (Å²) in [6, 6.07) is 0. The first kappa shape index (κ1) is 26.0. The van der Waals surface area contributed by atoms with Gasteiger partial charge in [-0.15, -0.1) is 0 Å². The monoisotopic (exact) mass is 473 g/mol. The molecule has 0 saturated heterocycles. The van der Waals surface area contributed by atoms with Crippen LogP contribution in [-0.4, -0.2) is 42.3 Å². The molecule has 26 heavy (non-hydrogen) atoms. The zero-order valence-electron chi connectivity index (χ0n) is 18.7. The molecule has 0 radical (unpaired) electrons. The quantitative estimate of drug-likeness (QED) is 0.160. The summed E-state index contributed by atoms with van der Waals surface area (Å²) >= 11 is -2.24. The average molecular weight is 472 g/mol. The molecule has 0 rings (SSSR count). The van der Waals surface area contributed by atoms with Gasteiger partial charge >= 0.3 is 169 Å². The molecule has 154 valence electrons. The minimum absolute atomic E-state index is 0.332. The molecule has 0 N–H and O–H groups in total. The normalized spacial score (nSPS) is 11.6. The van der Waals surface area contributed by atoms with Crippen LogP contribution in [0.2, 0.25) is 13.3 Å². The maximum atomic E-state index is 12.2. The molecule has 0 atom stereocenters. The Kier molecular flexibility index (Phi) is 16.0. The molecular weight excluding hydrogens is 425 g/mol. The first-order valence-electron chi connectivity index (χ1n) is 11.5. The molecule has 1 amide bonds. The van der Waals surface area contributed by atoms with Crippen molar-refractivity contribution in [2.75, 3.05) is 13.1 Å². The van der Waals surface area contributed by atoms with Crippen molar-refractivity contribution in [1.82, 2.24) is 4.90 Å². The molecule has 0 aliphatic carbocycles. The third kappa shape index (κ3) is 9.80. The predicted molar refractivity (Wildman–Crippen MR) is 120 cm³/mol. The number of hydrogen-bond acceptors (Lipinski definition) is 1. The molecule has 0 aromatic heterocycles. The predicted octanol–water partition coefficient (Wildman–Crippen LogP) is 7.36. The molecule has 0 fully saturated rings. The Bertz CT molecular complexity index is 355. The molecule has 0 aliphatic rings. The Morgan fingerprint density at radius 1 is 0.731 bits per heavy atom. The molecule has 0 aliphatic heterocycles. The van der Waals surface area contributed by atoms with Crippen LogP contribution in [0.15, 0.2) is 10.2 Å². The van der Waals surface area contributed by atoms with Gasteiger partial charge in [0.25, 0.3) is 0 Å². The molecule has 0 aromatic rings. The van der Waals surface area contributed by atoms with Crippen LogP contribution >= 0.6 is 0 Å². The maximum absolute atomic E-state index is 12.2. The van der Waals surface area contributed by atoms with Gasteiger partial charge in [-0.05, 0) is 0 Å². The number of unbranched alkanes of at least 4 members (excludes halogenated alkanes) is 4. The summed E-state index contributed by atoms with van der Waals surface area (Å²) in [5.41, 5.74) is 0. The van der Waals surface area contributed by atoms with Crippen LogP contribution in [0, 0.1) is 0 Å². The molecule has 0 saturated carbocycles. The molecule has 0 spiro atoms. The molecule has 0 bridgehead atoms. The zero-order chi connectivity index (χ0) is 19.8. The van der Waals surface area contributed by atoms with Crippen molar-refractivity contribution >= 4 is 24.3 Å². The summed E-state index contributed by atoms with van der Waals surface area (Å²) in [5.74, 6) is 0.332. The first-order chi connectivity index (χ1) is 12.5. The van der Waals surface area contributed by atoms with Crippen LogP contribution in [0.5, 0.6) is 0 Å². The van der Waals surface area contributed by atoms with E-state index < -0.39 is 18.4 Å². The summed E-state index contributed by atoms with van der Waals surface area (Å²) in [6.45, 7) is 17.5. The fourth-order valence-electron chi connectivity index (χ4n) is 4.07. The Morgan fingerprint density at radius 2 is 1.15 bits per heavy atom. The van der Waals surface area contributed by atoms with Crippen LogP contribution in [0.4, 0.5) is 0 Å². The fraction of sp³-hybridized carbons (Fsp3) is 0.870. The molecule has 3 heteroatoms. The van der Waals surface area contributed by atoms with Crippen LogP contribution < -0.4 is 0 Å². The number of rotatable bonds is 17. The molecule has 0 heterocycles. The van der Waals surface area contributed by atoms with Crippen molar-refractivity contribution in [3.05, 3.63) is 10.2 Å². The second kappa shape index (κ2) is 16.0. The standard InChI is InChI=1S/C11H20NO.3C4H9.Sn/c1-4-7-8-9-10-11(13)12(5-2)6-3;3*1-3-4-2;/h1,5-10H2,2-3H3;3*1,3-4H2,2H3;. The number of allylic oxidation sites excluding steroid dienone is 1. The Balaban J connectivity index is 4.70. The third-order valence-corrected chi connectivity index (χ3v) is 22.2. The summed E-state index contributed by atoms with van der Waals surface area (Å²) in [4.78, 5) is 14.1. The van der Waals surface area contributed by atoms with E-state index >= 15 is 0 Å². The Morgan fingerprint density at radius 3 is 1.54 bits per heavy atom. The Hall–Kier alpha value is 0.00870. The molecular formula is C23H47NOSn. The minimum atomic E-state index is -2.24. The number of nitrogens with zero attached hydrogens (tertiary/aromatic N) is 1. The van der Waals surface area contributed by atoms with E-state index in [9.17, 15) is 4.79 Å². The van der Waals surface area contributed by atoms with E-state index in [1.807, 2.05) is 4.90 Å². The van der Waals surface area contributed by atoms with E-state index in [-0.39, 0.29) is 0 Å². The summed E-state index contributed by atoms with van der Waals surface area (Å²) < 4.78 is 6.23. The van der Waals surface area contributed by atoms with Crippen molar-refractivity contribution in [1.29, 1.82) is 0 Å². The van der Waals surface area contributed by atoms with E-state index in [4.69, 9.17) is 0 Å². The number of amides is 1. The van der Waals surface area contributed by atoms with Gasteiger partial charge < -0.3 is 0 Å². The van der Waals surface area contributed by atoms with Crippen molar-refractivity contribution in [2.24, 2.45) is 0 Å². The fourth-order valence-corrected chi connectivity index (χ4v) is 20.1. The van der Waals surface area contributed by atoms with Gasteiger partial charge in [0.2, 0.25) is 0 Å². The van der Waals surface area contributed by atoms with Gasteiger partial charge in [0, 0.05) is 0 Å². The number of carbonyl (C=O) groups is 1. The second-order valence-corrected chi connectivity index (χ2v) is 21.6. The average Bonchev–Trinajstić information content (AvgIpc) is 2.65. The number of hydrogen-bond donors (Lipinski definition) is 0. The van der Waals surface area contributed by atoms with Crippen molar-refractivity contribution in [3.8, 4) is 0 Å². The summed E-state index contributed by atoms with van der Waals surface area (Å²) in [6.07, 6.45) is 12.3. The molecule has 0 unspecified atom stereocenters. The Labute approximate surface area is 169 Å². The molecule has 2 nitrogen and oxygen atoms in total. The van der Waals surface area contributed by atoms with Gasteiger partial charge in [-0.25, -0.2) is 0 Å². The van der Waals surface area contributed by atoms with E-state index in [1.165, 1.54) is 58.3 Å². The van der Waals surface area contributed by atoms with Gasteiger partial charge in [-0.1, -0.05) is 0 Å². The van der Waals surface area contributed by atoms with Crippen LogP contribution in [0.25, 0.3) is 0 Å². The zero-order valence-corrected chi connectivity index (χ0v) is 21.5. The van der Waals surface area contributed by atoms with Crippen molar-refractivity contribution in [2.45, 2.75) is 112 Å². The van der Waals surface area contributed by atoms with E-state index in [0.717, 1.165) is 32.4 Å².